The molecule has 7 nitrogen and oxygen atoms in total. The van der Waals surface area contributed by atoms with E-state index in [0.29, 0.717) is 16.5 Å². The standard InChI is InChI=1S/C17H23ClN4O3/c1-17(2,11-19)22(4)16(24)10-21(3)9-15(23)20-13-8-12(18)6-7-14(13)25-5/h6-8H,9-10H2,1-5H3,(H,20,23). The van der Waals surface area contributed by atoms with E-state index in [0.717, 1.165) is 0 Å². The summed E-state index contributed by atoms with van der Waals surface area (Å²) in [6.07, 6.45) is 0. The van der Waals surface area contributed by atoms with Gasteiger partial charge in [-0.3, -0.25) is 14.5 Å². The average Bonchev–Trinajstić information content (AvgIpc) is 2.53. The van der Waals surface area contributed by atoms with Gasteiger partial charge in [-0.1, -0.05) is 11.6 Å². The predicted molar refractivity (Wildman–Crippen MR) is 96.6 cm³/mol. The van der Waals surface area contributed by atoms with Crippen LogP contribution in [0.4, 0.5) is 5.69 Å². The SMILES string of the molecule is COc1ccc(Cl)cc1NC(=O)CN(C)CC(=O)N(C)C(C)(C)C#N. The van der Waals surface area contributed by atoms with E-state index >= 15 is 0 Å². The second-order valence-electron chi connectivity index (χ2n) is 6.19. The second-order valence-corrected chi connectivity index (χ2v) is 6.63. The molecule has 0 radical (unpaired) electrons. The number of likely N-dealkylation sites (N-methyl/N-ethyl adjacent to an activating group) is 2. The molecule has 0 bridgehead atoms. The van der Waals surface area contributed by atoms with Crippen LogP contribution in [0.3, 0.4) is 0 Å². The fraction of sp³-hybridized carbons (Fsp3) is 0.471. The number of nitriles is 1. The Labute approximate surface area is 153 Å². The van der Waals surface area contributed by atoms with Crippen LogP contribution in [0.2, 0.25) is 5.02 Å². The molecule has 0 unspecified atom stereocenters. The van der Waals surface area contributed by atoms with Gasteiger partial charge in [0.15, 0.2) is 0 Å². The van der Waals surface area contributed by atoms with Gasteiger partial charge in [-0.15, -0.1) is 0 Å². The fourth-order valence-electron chi connectivity index (χ4n) is 1.99. The number of hydrogen-bond donors (Lipinski definition) is 1. The van der Waals surface area contributed by atoms with Crippen LogP contribution < -0.4 is 10.1 Å². The molecule has 1 N–H and O–H groups in total. The molecule has 0 aliphatic carbocycles. The number of anilines is 1. The lowest BCUT2D eigenvalue weighted by molar-refractivity contribution is -0.134. The minimum absolute atomic E-state index is 0.00221. The maximum atomic E-state index is 12.2. The lowest BCUT2D eigenvalue weighted by atomic mass is 10.1. The van der Waals surface area contributed by atoms with Gasteiger partial charge in [-0.25, -0.2) is 0 Å². The quantitative estimate of drug-likeness (QED) is 0.797. The number of halogens is 1. The Morgan fingerprint density at radius 3 is 2.52 bits per heavy atom. The molecule has 8 heteroatoms. The predicted octanol–water partition coefficient (Wildman–Crippen LogP) is 1.98. The molecule has 0 heterocycles. The van der Waals surface area contributed by atoms with Crippen LogP contribution in [0.5, 0.6) is 5.75 Å². The van der Waals surface area contributed by atoms with Gasteiger partial charge in [0.25, 0.3) is 0 Å². The second kappa shape index (κ2) is 8.70. The summed E-state index contributed by atoms with van der Waals surface area (Å²) < 4.78 is 5.17. The third-order valence-electron chi connectivity index (χ3n) is 3.74. The van der Waals surface area contributed by atoms with Crippen LogP contribution in [0.1, 0.15) is 13.8 Å². The summed E-state index contributed by atoms with van der Waals surface area (Å²) in [5.41, 5.74) is -0.448. The molecule has 136 valence electrons. The number of benzene rings is 1. The summed E-state index contributed by atoms with van der Waals surface area (Å²) in [5, 5.41) is 12.3. The Hall–Kier alpha value is -2.30. The molecule has 2 amide bonds. The monoisotopic (exact) mass is 366 g/mol. The zero-order valence-electron chi connectivity index (χ0n) is 15.1. The van der Waals surface area contributed by atoms with Crippen LogP contribution in [-0.4, -0.2) is 61.4 Å². The Balaban J connectivity index is 2.65. The molecule has 1 aromatic rings. The van der Waals surface area contributed by atoms with Crippen molar-refractivity contribution in [3.63, 3.8) is 0 Å². The number of nitrogens with one attached hydrogen (secondary N) is 1. The van der Waals surface area contributed by atoms with E-state index in [1.54, 1.807) is 51.0 Å². The molecule has 1 rings (SSSR count). The average molecular weight is 367 g/mol. The first-order valence-corrected chi connectivity index (χ1v) is 7.98. The summed E-state index contributed by atoms with van der Waals surface area (Å²) in [6.45, 7) is 3.33. The van der Waals surface area contributed by atoms with Gasteiger partial charge in [0.2, 0.25) is 11.8 Å². The van der Waals surface area contributed by atoms with Crippen LogP contribution in [-0.2, 0) is 9.59 Å². The Kier molecular flexibility index (Phi) is 7.22. The molecule has 25 heavy (non-hydrogen) atoms. The summed E-state index contributed by atoms with van der Waals surface area (Å²) in [6, 6.07) is 6.97. The highest BCUT2D eigenvalue weighted by Gasteiger charge is 2.27. The maximum absolute atomic E-state index is 12.2. The highest BCUT2D eigenvalue weighted by atomic mass is 35.5. The molecule has 0 atom stereocenters. The molecule has 0 aliphatic rings. The van der Waals surface area contributed by atoms with Crippen LogP contribution in [0.25, 0.3) is 0 Å². The molecule has 0 saturated carbocycles. The van der Waals surface area contributed by atoms with E-state index in [1.807, 2.05) is 0 Å². The lowest BCUT2D eigenvalue weighted by Gasteiger charge is -2.30. The Bertz CT molecular complexity index is 685. The number of carbonyl (C=O) groups excluding carboxylic acids is 2. The Morgan fingerprint density at radius 1 is 1.32 bits per heavy atom. The van der Waals surface area contributed by atoms with Crippen molar-refractivity contribution in [1.29, 1.82) is 5.26 Å². The van der Waals surface area contributed by atoms with Crippen molar-refractivity contribution < 1.29 is 14.3 Å². The number of ether oxygens (including phenoxy) is 1. The largest absolute Gasteiger partial charge is 0.495 e. The molecule has 1 aromatic carbocycles. The number of hydrogen-bond acceptors (Lipinski definition) is 5. The fourth-order valence-corrected chi connectivity index (χ4v) is 2.16. The summed E-state index contributed by atoms with van der Waals surface area (Å²) in [5.74, 6) is -0.0627. The summed E-state index contributed by atoms with van der Waals surface area (Å²) in [4.78, 5) is 27.3. The van der Waals surface area contributed by atoms with Gasteiger partial charge < -0.3 is 15.0 Å². The third-order valence-corrected chi connectivity index (χ3v) is 3.98. The lowest BCUT2D eigenvalue weighted by Crippen LogP contribution is -2.48. The normalized spacial score (nSPS) is 11.0. The minimum atomic E-state index is -0.908. The van der Waals surface area contributed by atoms with Gasteiger partial charge in [0.1, 0.15) is 11.3 Å². The minimum Gasteiger partial charge on any atom is -0.495 e. The first-order valence-electron chi connectivity index (χ1n) is 7.60. The van der Waals surface area contributed by atoms with Crippen molar-refractivity contribution in [3.05, 3.63) is 23.2 Å². The Morgan fingerprint density at radius 2 is 1.96 bits per heavy atom. The van der Waals surface area contributed by atoms with E-state index < -0.39 is 5.54 Å². The van der Waals surface area contributed by atoms with Crippen molar-refractivity contribution in [2.24, 2.45) is 0 Å². The van der Waals surface area contributed by atoms with Gasteiger partial charge >= 0.3 is 0 Å². The topological polar surface area (TPSA) is 85.7 Å². The zero-order chi connectivity index (χ0) is 19.2. The van der Waals surface area contributed by atoms with Crippen molar-refractivity contribution in [2.75, 3.05) is 39.6 Å². The number of nitrogens with zero attached hydrogens (tertiary/aromatic N) is 3. The first kappa shape index (κ1) is 20.7. The maximum Gasteiger partial charge on any atom is 0.238 e. The van der Waals surface area contributed by atoms with E-state index in [9.17, 15) is 9.59 Å². The smallest absolute Gasteiger partial charge is 0.238 e. The van der Waals surface area contributed by atoms with Gasteiger partial charge in [-0.2, -0.15) is 5.26 Å². The van der Waals surface area contributed by atoms with Crippen molar-refractivity contribution >= 4 is 29.1 Å². The molecular weight excluding hydrogens is 344 g/mol. The number of rotatable bonds is 7. The first-order chi connectivity index (χ1) is 11.6. The van der Waals surface area contributed by atoms with Crippen LogP contribution in [0, 0.1) is 11.3 Å². The van der Waals surface area contributed by atoms with E-state index in [4.69, 9.17) is 21.6 Å². The number of methoxy groups -OCH3 is 1. The highest BCUT2D eigenvalue weighted by molar-refractivity contribution is 6.31. The zero-order valence-corrected chi connectivity index (χ0v) is 15.8. The van der Waals surface area contributed by atoms with E-state index in [2.05, 4.69) is 11.4 Å². The van der Waals surface area contributed by atoms with Crippen molar-refractivity contribution in [1.82, 2.24) is 9.80 Å². The summed E-state index contributed by atoms with van der Waals surface area (Å²) in [7, 11) is 4.71. The van der Waals surface area contributed by atoms with Gasteiger partial charge in [0, 0.05) is 12.1 Å². The van der Waals surface area contributed by atoms with E-state index in [-0.39, 0.29) is 24.9 Å². The molecule has 0 aliphatic heterocycles. The van der Waals surface area contributed by atoms with Crippen LogP contribution in [0.15, 0.2) is 18.2 Å². The summed E-state index contributed by atoms with van der Waals surface area (Å²) >= 11 is 5.93. The molecule has 0 saturated heterocycles. The van der Waals surface area contributed by atoms with Crippen molar-refractivity contribution in [2.45, 2.75) is 19.4 Å². The van der Waals surface area contributed by atoms with Crippen molar-refractivity contribution in [3.8, 4) is 11.8 Å². The van der Waals surface area contributed by atoms with Gasteiger partial charge in [0.05, 0.1) is 32.0 Å². The molecule has 0 aromatic heterocycles. The van der Waals surface area contributed by atoms with E-state index in [1.165, 1.54) is 12.0 Å². The highest BCUT2D eigenvalue weighted by Crippen LogP contribution is 2.27. The third kappa shape index (κ3) is 5.93. The van der Waals surface area contributed by atoms with Gasteiger partial charge in [-0.05, 0) is 39.1 Å². The number of carbonyl (C=O) groups is 2. The molecule has 0 spiro atoms. The molecule has 0 fully saturated rings. The number of amides is 2. The molecular formula is C17H23ClN4O3. The van der Waals surface area contributed by atoms with Crippen LogP contribution >= 0.6 is 11.6 Å².